The lowest BCUT2D eigenvalue weighted by atomic mass is 10.1. The van der Waals surface area contributed by atoms with Crippen LogP contribution in [0.3, 0.4) is 0 Å². The van der Waals surface area contributed by atoms with E-state index in [-0.39, 0.29) is 36.0 Å². The maximum atomic E-state index is 13.6. The third-order valence-electron chi connectivity index (χ3n) is 5.45. The highest BCUT2D eigenvalue weighted by Gasteiger charge is 2.29. The number of amides is 1. The van der Waals surface area contributed by atoms with E-state index in [1.165, 1.54) is 10.4 Å². The molecule has 1 amide bonds. The minimum atomic E-state index is -3.75. The van der Waals surface area contributed by atoms with Gasteiger partial charge in [-0.05, 0) is 61.0 Å². The Balaban J connectivity index is 1.71. The molecule has 2 aromatic carbocycles. The quantitative estimate of drug-likeness (QED) is 0.529. The van der Waals surface area contributed by atoms with Gasteiger partial charge in [-0.2, -0.15) is 4.31 Å². The first-order chi connectivity index (χ1) is 15.9. The van der Waals surface area contributed by atoms with Crippen LogP contribution in [0.5, 0.6) is 0 Å². The maximum Gasteiger partial charge on any atom is 0.258 e. The molecular weight excluding hydrogens is 462 g/mol. The Hall–Kier alpha value is -2.78. The topological polar surface area (TPSA) is 79.8 Å². The van der Waals surface area contributed by atoms with E-state index in [2.05, 4.69) is 4.98 Å². The van der Waals surface area contributed by atoms with E-state index in [1.54, 1.807) is 60.5 Å². The fraction of sp³-hybridized carbons (Fsp3) is 0.250. The van der Waals surface area contributed by atoms with Crippen molar-refractivity contribution in [1.82, 2.24) is 9.29 Å². The van der Waals surface area contributed by atoms with Crippen molar-refractivity contribution in [1.29, 1.82) is 0 Å². The molecule has 0 bridgehead atoms. The summed E-state index contributed by atoms with van der Waals surface area (Å²) in [6, 6.07) is 17.2. The van der Waals surface area contributed by atoms with E-state index in [0.717, 1.165) is 0 Å². The molecule has 172 valence electrons. The number of hydrogen-bond donors (Lipinski definition) is 0. The van der Waals surface area contributed by atoms with E-state index in [4.69, 9.17) is 16.3 Å². The summed E-state index contributed by atoms with van der Waals surface area (Å²) in [4.78, 5) is 19.7. The van der Waals surface area contributed by atoms with Crippen molar-refractivity contribution in [2.45, 2.75) is 18.4 Å². The molecule has 0 N–H and O–H groups in total. The molecule has 0 aliphatic carbocycles. The van der Waals surface area contributed by atoms with Gasteiger partial charge in [-0.1, -0.05) is 23.7 Å². The second-order valence-electron chi connectivity index (χ2n) is 7.69. The van der Waals surface area contributed by atoms with Crippen LogP contribution >= 0.6 is 11.6 Å². The molecule has 0 unspecified atom stereocenters. The number of anilines is 1. The predicted molar refractivity (Wildman–Crippen MR) is 127 cm³/mol. The van der Waals surface area contributed by atoms with Crippen molar-refractivity contribution < 1.29 is 17.9 Å². The predicted octanol–water partition coefficient (Wildman–Crippen LogP) is 3.91. The lowest BCUT2D eigenvalue weighted by Crippen LogP contribution is -2.41. The second kappa shape index (κ2) is 10.0. The Labute approximate surface area is 198 Å². The highest BCUT2D eigenvalue weighted by Crippen LogP contribution is 2.26. The zero-order chi connectivity index (χ0) is 23.4. The van der Waals surface area contributed by atoms with Gasteiger partial charge in [-0.15, -0.1) is 0 Å². The average Bonchev–Trinajstić information content (AvgIpc) is 2.84. The highest BCUT2D eigenvalue weighted by atomic mass is 35.5. The third kappa shape index (κ3) is 5.25. The Morgan fingerprint density at radius 1 is 1.09 bits per heavy atom. The van der Waals surface area contributed by atoms with E-state index >= 15 is 0 Å². The van der Waals surface area contributed by atoms with Crippen LogP contribution in [0.2, 0.25) is 5.02 Å². The number of aromatic nitrogens is 1. The fourth-order valence-electron chi connectivity index (χ4n) is 3.65. The Morgan fingerprint density at radius 2 is 1.82 bits per heavy atom. The molecule has 1 aliphatic rings. The van der Waals surface area contributed by atoms with Gasteiger partial charge in [0.15, 0.2) is 0 Å². The molecule has 0 atom stereocenters. The second-order valence-corrected chi connectivity index (χ2v) is 10.0. The van der Waals surface area contributed by atoms with Crippen molar-refractivity contribution in [2.24, 2.45) is 0 Å². The van der Waals surface area contributed by atoms with Gasteiger partial charge in [0.25, 0.3) is 5.91 Å². The van der Waals surface area contributed by atoms with E-state index in [9.17, 15) is 13.2 Å². The smallest absolute Gasteiger partial charge is 0.258 e. The number of halogens is 1. The molecule has 3 aromatic rings. The van der Waals surface area contributed by atoms with Gasteiger partial charge in [0.05, 0.1) is 30.3 Å². The summed E-state index contributed by atoms with van der Waals surface area (Å²) >= 11 is 6.04. The SMILES string of the molecule is Cc1ccc(C(=O)N(Cc2ccccn2)c2ccc(Cl)cc2)cc1S(=O)(=O)N1CCOCC1. The molecule has 0 radical (unpaired) electrons. The number of sulfonamides is 1. The van der Waals surface area contributed by atoms with Gasteiger partial charge in [0.1, 0.15) is 0 Å². The number of morpholine rings is 1. The Bertz CT molecular complexity index is 1230. The van der Waals surface area contributed by atoms with Crippen molar-refractivity contribution in [3.05, 3.63) is 88.7 Å². The van der Waals surface area contributed by atoms with Gasteiger partial charge < -0.3 is 9.64 Å². The number of rotatable bonds is 6. The normalized spacial score (nSPS) is 14.7. The van der Waals surface area contributed by atoms with Crippen molar-refractivity contribution in [3.8, 4) is 0 Å². The number of carbonyl (C=O) groups is 1. The van der Waals surface area contributed by atoms with Crippen molar-refractivity contribution in [3.63, 3.8) is 0 Å². The van der Waals surface area contributed by atoms with Crippen LogP contribution in [0.4, 0.5) is 5.69 Å². The first kappa shape index (κ1) is 23.4. The number of carbonyl (C=O) groups excluding carboxylic acids is 1. The molecule has 1 saturated heterocycles. The standard InChI is InChI=1S/C24H24ClN3O4S/c1-18-5-6-19(16-23(18)33(30,31)27-12-14-32-15-13-27)24(29)28(17-21-4-2-3-11-26-21)22-9-7-20(25)8-10-22/h2-11,16H,12-15,17H2,1H3. The van der Waals surface area contributed by atoms with E-state index in [0.29, 0.717) is 35.2 Å². The number of benzene rings is 2. The highest BCUT2D eigenvalue weighted by molar-refractivity contribution is 7.89. The van der Waals surface area contributed by atoms with Gasteiger partial charge in [0, 0.05) is 35.6 Å². The van der Waals surface area contributed by atoms with Crippen LogP contribution in [0.25, 0.3) is 0 Å². The molecule has 9 heteroatoms. The summed E-state index contributed by atoms with van der Waals surface area (Å²) in [5.74, 6) is -0.332. The molecule has 33 heavy (non-hydrogen) atoms. The maximum absolute atomic E-state index is 13.6. The molecule has 0 saturated carbocycles. The van der Waals surface area contributed by atoms with Crippen LogP contribution in [0.15, 0.2) is 71.8 Å². The zero-order valence-electron chi connectivity index (χ0n) is 18.1. The summed E-state index contributed by atoms with van der Waals surface area (Å²) in [5.41, 5.74) is 2.20. The van der Waals surface area contributed by atoms with E-state index in [1.807, 2.05) is 12.1 Å². The van der Waals surface area contributed by atoms with Crippen LogP contribution in [-0.4, -0.2) is 49.9 Å². The van der Waals surface area contributed by atoms with Crippen molar-refractivity contribution >= 4 is 33.2 Å². The molecule has 0 spiro atoms. The summed E-state index contributed by atoms with van der Waals surface area (Å²) in [6.07, 6.45) is 1.67. The Morgan fingerprint density at radius 3 is 2.48 bits per heavy atom. The monoisotopic (exact) mass is 485 g/mol. The lowest BCUT2D eigenvalue weighted by molar-refractivity contribution is 0.0730. The van der Waals surface area contributed by atoms with Crippen LogP contribution < -0.4 is 4.90 Å². The zero-order valence-corrected chi connectivity index (χ0v) is 19.7. The number of ether oxygens (including phenoxy) is 1. The molecule has 4 rings (SSSR count). The molecule has 1 aliphatic heterocycles. The lowest BCUT2D eigenvalue weighted by Gasteiger charge is -2.27. The van der Waals surface area contributed by atoms with Gasteiger partial charge in [-0.25, -0.2) is 8.42 Å². The molecular formula is C24H24ClN3O4S. The number of nitrogens with zero attached hydrogens (tertiary/aromatic N) is 3. The summed E-state index contributed by atoms with van der Waals surface area (Å²) in [5, 5.41) is 0.554. The number of hydrogen-bond acceptors (Lipinski definition) is 5. The molecule has 2 heterocycles. The number of pyridine rings is 1. The third-order valence-corrected chi connectivity index (χ3v) is 7.75. The first-order valence-corrected chi connectivity index (χ1v) is 12.3. The summed E-state index contributed by atoms with van der Waals surface area (Å²) in [6.45, 7) is 3.23. The fourth-order valence-corrected chi connectivity index (χ4v) is 5.43. The van der Waals surface area contributed by atoms with Crippen LogP contribution in [0, 0.1) is 6.92 Å². The molecule has 1 aromatic heterocycles. The van der Waals surface area contributed by atoms with Crippen molar-refractivity contribution in [2.75, 3.05) is 31.2 Å². The van der Waals surface area contributed by atoms with E-state index < -0.39 is 10.0 Å². The average molecular weight is 486 g/mol. The first-order valence-electron chi connectivity index (χ1n) is 10.5. The minimum absolute atomic E-state index is 0.129. The summed E-state index contributed by atoms with van der Waals surface area (Å²) in [7, 11) is -3.75. The molecule has 7 nitrogen and oxygen atoms in total. The molecule has 1 fully saturated rings. The summed E-state index contributed by atoms with van der Waals surface area (Å²) < 4.78 is 33.2. The van der Waals surface area contributed by atoms with Crippen LogP contribution in [0.1, 0.15) is 21.6 Å². The Kier molecular flexibility index (Phi) is 7.09. The van der Waals surface area contributed by atoms with Gasteiger partial charge >= 0.3 is 0 Å². The minimum Gasteiger partial charge on any atom is -0.379 e. The van der Waals surface area contributed by atoms with Gasteiger partial charge in [0.2, 0.25) is 10.0 Å². The van der Waals surface area contributed by atoms with Gasteiger partial charge in [-0.3, -0.25) is 9.78 Å². The number of aryl methyl sites for hydroxylation is 1. The largest absolute Gasteiger partial charge is 0.379 e. The van der Waals surface area contributed by atoms with Crippen LogP contribution in [-0.2, 0) is 21.3 Å².